The van der Waals surface area contributed by atoms with Gasteiger partial charge in [0.25, 0.3) is 0 Å². The van der Waals surface area contributed by atoms with E-state index in [1.165, 1.54) is 6.26 Å². The number of benzene rings is 1. The number of sulfone groups is 1. The average Bonchev–Trinajstić information content (AvgIpc) is 2.69. The molecular formula is C11H11NO2S. The lowest BCUT2D eigenvalue weighted by molar-refractivity contribution is 0.602. The lowest BCUT2D eigenvalue weighted by atomic mass is 10.3. The van der Waals surface area contributed by atoms with Crippen LogP contribution in [0.25, 0.3) is 5.69 Å². The quantitative estimate of drug-likeness (QED) is 0.776. The van der Waals surface area contributed by atoms with E-state index in [0.717, 1.165) is 5.69 Å². The molecule has 0 saturated carbocycles. The van der Waals surface area contributed by atoms with Crippen LogP contribution >= 0.6 is 0 Å². The summed E-state index contributed by atoms with van der Waals surface area (Å²) in [4.78, 5) is 0.341. The Morgan fingerprint density at radius 2 is 1.73 bits per heavy atom. The zero-order valence-electron chi connectivity index (χ0n) is 8.29. The molecular weight excluding hydrogens is 210 g/mol. The average molecular weight is 221 g/mol. The van der Waals surface area contributed by atoms with E-state index in [1.807, 2.05) is 35.2 Å². The van der Waals surface area contributed by atoms with Gasteiger partial charge >= 0.3 is 0 Å². The van der Waals surface area contributed by atoms with Gasteiger partial charge < -0.3 is 4.57 Å². The first kappa shape index (κ1) is 9.98. The molecule has 1 heterocycles. The third-order valence-corrected chi connectivity index (χ3v) is 3.26. The van der Waals surface area contributed by atoms with Crippen LogP contribution in [0.5, 0.6) is 0 Å². The third-order valence-electron chi connectivity index (χ3n) is 2.15. The summed E-state index contributed by atoms with van der Waals surface area (Å²) >= 11 is 0. The van der Waals surface area contributed by atoms with Crippen LogP contribution in [0.2, 0.25) is 0 Å². The second-order valence-corrected chi connectivity index (χ2v) is 5.38. The summed E-state index contributed by atoms with van der Waals surface area (Å²) < 4.78 is 24.6. The van der Waals surface area contributed by atoms with Crippen LogP contribution in [-0.2, 0) is 9.84 Å². The highest BCUT2D eigenvalue weighted by molar-refractivity contribution is 7.90. The molecule has 0 aliphatic carbocycles. The summed E-state index contributed by atoms with van der Waals surface area (Å²) in [7, 11) is -3.13. The molecule has 0 N–H and O–H groups in total. The number of hydrogen-bond donors (Lipinski definition) is 0. The van der Waals surface area contributed by atoms with E-state index < -0.39 is 9.84 Å². The van der Waals surface area contributed by atoms with Gasteiger partial charge in [-0.05, 0) is 30.3 Å². The fourth-order valence-electron chi connectivity index (χ4n) is 1.38. The van der Waals surface area contributed by atoms with Gasteiger partial charge in [-0.15, -0.1) is 0 Å². The Bertz CT molecular complexity index is 556. The van der Waals surface area contributed by atoms with Crippen LogP contribution in [-0.4, -0.2) is 19.2 Å². The first-order valence-corrected chi connectivity index (χ1v) is 6.40. The van der Waals surface area contributed by atoms with Crippen molar-refractivity contribution in [1.82, 2.24) is 4.57 Å². The zero-order valence-corrected chi connectivity index (χ0v) is 9.11. The minimum Gasteiger partial charge on any atom is -0.324 e. The lowest BCUT2D eigenvalue weighted by Crippen LogP contribution is -1.98. The maximum atomic E-state index is 11.3. The van der Waals surface area contributed by atoms with Gasteiger partial charge in [-0.1, -0.05) is 6.07 Å². The molecule has 78 valence electrons. The van der Waals surface area contributed by atoms with Gasteiger partial charge in [0.15, 0.2) is 9.84 Å². The van der Waals surface area contributed by atoms with Crippen LogP contribution in [0.15, 0.2) is 53.7 Å². The largest absolute Gasteiger partial charge is 0.324 e. The molecule has 4 heteroatoms. The Balaban J connectivity index is 2.53. The molecule has 0 amide bonds. The van der Waals surface area contributed by atoms with Crippen molar-refractivity contribution >= 4 is 9.84 Å². The minimum atomic E-state index is -3.13. The van der Waals surface area contributed by atoms with Crippen molar-refractivity contribution in [2.45, 2.75) is 4.90 Å². The summed E-state index contributed by atoms with van der Waals surface area (Å²) in [5, 5.41) is 0. The highest BCUT2D eigenvalue weighted by Crippen LogP contribution is 2.14. The first-order valence-electron chi connectivity index (χ1n) is 4.51. The lowest BCUT2D eigenvalue weighted by Gasteiger charge is -2.04. The van der Waals surface area contributed by atoms with Gasteiger partial charge in [-0.2, -0.15) is 0 Å². The van der Waals surface area contributed by atoms with Crippen molar-refractivity contribution < 1.29 is 8.42 Å². The highest BCUT2D eigenvalue weighted by atomic mass is 32.2. The smallest absolute Gasteiger partial charge is 0.175 e. The molecule has 15 heavy (non-hydrogen) atoms. The van der Waals surface area contributed by atoms with E-state index in [9.17, 15) is 8.42 Å². The summed E-state index contributed by atoms with van der Waals surface area (Å²) in [5.41, 5.74) is 0.850. The molecule has 2 aromatic rings. The Kier molecular flexibility index (Phi) is 2.36. The Morgan fingerprint density at radius 1 is 1.07 bits per heavy atom. The van der Waals surface area contributed by atoms with E-state index in [1.54, 1.807) is 18.2 Å². The number of nitrogens with zero attached hydrogens (tertiary/aromatic N) is 1. The van der Waals surface area contributed by atoms with E-state index in [-0.39, 0.29) is 0 Å². The van der Waals surface area contributed by atoms with E-state index in [2.05, 4.69) is 0 Å². The molecule has 0 aliphatic heterocycles. The van der Waals surface area contributed by atoms with Crippen LogP contribution in [0, 0.1) is 0 Å². The van der Waals surface area contributed by atoms with Gasteiger partial charge in [0.2, 0.25) is 0 Å². The minimum absolute atomic E-state index is 0.341. The summed E-state index contributed by atoms with van der Waals surface area (Å²) in [6.07, 6.45) is 4.96. The fraction of sp³-hybridized carbons (Fsp3) is 0.0909. The van der Waals surface area contributed by atoms with Gasteiger partial charge in [0.1, 0.15) is 0 Å². The van der Waals surface area contributed by atoms with E-state index in [4.69, 9.17) is 0 Å². The molecule has 1 aromatic carbocycles. The second kappa shape index (κ2) is 3.55. The van der Waals surface area contributed by atoms with E-state index in [0.29, 0.717) is 4.90 Å². The van der Waals surface area contributed by atoms with Gasteiger partial charge in [0, 0.05) is 24.3 Å². The zero-order chi connectivity index (χ0) is 10.9. The molecule has 3 nitrogen and oxygen atoms in total. The number of aromatic nitrogens is 1. The number of rotatable bonds is 2. The van der Waals surface area contributed by atoms with Crippen molar-refractivity contribution in [3.05, 3.63) is 48.8 Å². The Morgan fingerprint density at radius 3 is 2.33 bits per heavy atom. The monoisotopic (exact) mass is 221 g/mol. The molecule has 0 fully saturated rings. The normalized spacial score (nSPS) is 11.5. The summed E-state index contributed by atoms with van der Waals surface area (Å²) in [6, 6.07) is 10.7. The van der Waals surface area contributed by atoms with Crippen molar-refractivity contribution in [1.29, 1.82) is 0 Å². The van der Waals surface area contributed by atoms with Crippen LogP contribution in [0.4, 0.5) is 0 Å². The molecule has 2 rings (SSSR count). The molecule has 0 bridgehead atoms. The highest BCUT2D eigenvalue weighted by Gasteiger charge is 2.07. The van der Waals surface area contributed by atoms with E-state index >= 15 is 0 Å². The molecule has 1 aromatic heterocycles. The molecule has 0 radical (unpaired) electrons. The fourth-order valence-corrected chi connectivity index (χ4v) is 2.04. The summed E-state index contributed by atoms with van der Waals surface area (Å²) in [6.45, 7) is 0. The Hall–Kier alpha value is -1.55. The van der Waals surface area contributed by atoms with Gasteiger partial charge in [-0.25, -0.2) is 8.42 Å². The van der Waals surface area contributed by atoms with Crippen molar-refractivity contribution in [3.63, 3.8) is 0 Å². The maximum Gasteiger partial charge on any atom is 0.175 e. The van der Waals surface area contributed by atoms with Gasteiger partial charge in [0.05, 0.1) is 4.90 Å². The molecule has 0 aliphatic rings. The molecule has 0 unspecified atom stereocenters. The second-order valence-electron chi connectivity index (χ2n) is 3.36. The van der Waals surface area contributed by atoms with Gasteiger partial charge in [-0.3, -0.25) is 0 Å². The van der Waals surface area contributed by atoms with Crippen molar-refractivity contribution in [2.75, 3.05) is 6.26 Å². The summed E-state index contributed by atoms with van der Waals surface area (Å²) in [5.74, 6) is 0. The van der Waals surface area contributed by atoms with Crippen LogP contribution < -0.4 is 0 Å². The SMILES string of the molecule is CS(=O)(=O)c1cccc(-n2cccc2)c1. The third kappa shape index (κ3) is 2.10. The topological polar surface area (TPSA) is 39.1 Å². The van der Waals surface area contributed by atoms with Crippen molar-refractivity contribution in [3.8, 4) is 5.69 Å². The molecule has 0 spiro atoms. The molecule has 0 saturated heterocycles. The predicted octanol–water partition coefficient (Wildman–Crippen LogP) is 1.88. The van der Waals surface area contributed by atoms with Crippen molar-refractivity contribution in [2.24, 2.45) is 0 Å². The molecule has 0 atom stereocenters. The standard InChI is InChI=1S/C11H11NO2S/c1-15(13,14)11-6-4-5-10(9-11)12-7-2-3-8-12/h2-9H,1H3. The number of hydrogen-bond acceptors (Lipinski definition) is 2. The predicted molar refractivity (Wildman–Crippen MR) is 58.9 cm³/mol. The Labute approximate surface area is 88.9 Å². The first-order chi connectivity index (χ1) is 7.07. The van der Waals surface area contributed by atoms with Crippen LogP contribution in [0.3, 0.4) is 0 Å². The van der Waals surface area contributed by atoms with Crippen LogP contribution in [0.1, 0.15) is 0 Å². The maximum absolute atomic E-state index is 11.3.